The molecule has 0 saturated heterocycles. The molecule has 0 aromatic heterocycles. The predicted octanol–water partition coefficient (Wildman–Crippen LogP) is 0.186. The van der Waals surface area contributed by atoms with Gasteiger partial charge in [-0.2, -0.15) is 0 Å². The third-order valence-corrected chi connectivity index (χ3v) is 6.10. The first-order valence-electron chi connectivity index (χ1n) is 9.81. The van der Waals surface area contributed by atoms with E-state index in [2.05, 4.69) is 0 Å². The van der Waals surface area contributed by atoms with Gasteiger partial charge in [0.15, 0.2) is 11.4 Å². The fourth-order valence-corrected chi connectivity index (χ4v) is 3.72. The first kappa shape index (κ1) is 23.6. The van der Waals surface area contributed by atoms with E-state index in [1.165, 1.54) is 0 Å². The summed E-state index contributed by atoms with van der Waals surface area (Å²) in [6.07, 6.45) is -5.71. The Bertz CT molecular complexity index is 762. The second-order valence-electron chi connectivity index (χ2n) is 8.12. The summed E-state index contributed by atoms with van der Waals surface area (Å²) in [5.41, 5.74) is 1.99. The zero-order valence-electron chi connectivity index (χ0n) is 17.3. The smallest absolute Gasteiger partial charge is 0.176 e. The van der Waals surface area contributed by atoms with E-state index in [1.54, 1.807) is 13.8 Å². The maximum atomic E-state index is 12.8. The van der Waals surface area contributed by atoms with Crippen LogP contribution >= 0.6 is 0 Å². The lowest BCUT2D eigenvalue weighted by molar-refractivity contribution is -0.137. The summed E-state index contributed by atoms with van der Waals surface area (Å²) in [7, 11) is 0. The minimum absolute atomic E-state index is 0.0961. The third kappa shape index (κ3) is 4.57. The van der Waals surface area contributed by atoms with E-state index in [4.69, 9.17) is 9.84 Å². The standard InChI is InChI=1S/C21H32O8/c1-10-11(2)20-13(12(3)17(10)26)7-8-21(4,29-20)16(25)6-5-14(23)18(27)19(28)15(24)9-22/h14-15,18-19,22-24,26-28H,5-9H2,1-4H3. The van der Waals surface area contributed by atoms with Crippen LogP contribution in [0.25, 0.3) is 0 Å². The minimum Gasteiger partial charge on any atom is -0.507 e. The molecular formula is C21H32O8. The Balaban J connectivity index is 2.09. The van der Waals surface area contributed by atoms with Crippen molar-refractivity contribution >= 4 is 5.78 Å². The largest absolute Gasteiger partial charge is 0.507 e. The average Bonchev–Trinajstić information content (AvgIpc) is 2.72. The quantitative estimate of drug-likeness (QED) is 0.354. The van der Waals surface area contributed by atoms with Crippen LogP contribution in [0.15, 0.2) is 0 Å². The molecule has 164 valence electrons. The molecule has 1 aliphatic rings. The summed E-state index contributed by atoms with van der Waals surface area (Å²) in [6, 6.07) is 0. The van der Waals surface area contributed by atoms with Gasteiger partial charge >= 0.3 is 0 Å². The van der Waals surface area contributed by atoms with Crippen LogP contribution in [0.4, 0.5) is 0 Å². The molecule has 5 unspecified atom stereocenters. The van der Waals surface area contributed by atoms with Gasteiger partial charge < -0.3 is 35.4 Å². The van der Waals surface area contributed by atoms with Crippen molar-refractivity contribution in [3.8, 4) is 11.5 Å². The zero-order chi connectivity index (χ0) is 22.1. The third-order valence-electron chi connectivity index (χ3n) is 6.10. The van der Waals surface area contributed by atoms with Gasteiger partial charge in [-0.3, -0.25) is 4.79 Å². The normalized spacial score (nSPS) is 22.9. The number of rotatable bonds is 8. The van der Waals surface area contributed by atoms with Crippen molar-refractivity contribution in [1.82, 2.24) is 0 Å². The lowest BCUT2D eigenvalue weighted by Gasteiger charge is -2.37. The van der Waals surface area contributed by atoms with E-state index in [1.807, 2.05) is 13.8 Å². The van der Waals surface area contributed by atoms with Crippen molar-refractivity contribution in [1.29, 1.82) is 0 Å². The lowest BCUT2D eigenvalue weighted by Crippen LogP contribution is -2.47. The number of phenolic OH excluding ortho intramolecular Hbond substituents is 1. The SMILES string of the molecule is Cc1c(C)c2c(c(C)c1O)CCC(C)(C(=O)CCC(O)C(O)C(O)C(O)CO)O2. The van der Waals surface area contributed by atoms with Crippen LogP contribution in [0.3, 0.4) is 0 Å². The van der Waals surface area contributed by atoms with E-state index in [9.17, 15) is 30.3 Å². The monoisotopic (exact) mass is 412 g/mol. The van der Waals surface area contributed by atoms with Crippen molar-refractivity contribution in [2.45, 2.75) is 83.4 Å². The highest BCUT2D eigenvalue weighted by Crippen LogP contribution is 2.43. The van der Waals surface area contributed by atoms with E-state index in [0.29, 0.717) is 24.2 Å². The van der Waals surface area contributed by atoms with Gasteiger partial charge in [-0.1, -0.05) is 0 Å². The van der Waals surface area contributed by atoms with Gasteiger partial charge in [-0.15, -0.1) is 0 Å². The van der Waals surface area contributed by atoms with E-state index in [-0.39, 0.29) is 24.4 Å². The summed E-state index contributed by atoms with van der Waals surface area (Å²) < 4.78 is 6.10. The summed E-state index contributed by atoms with van der Waals surface area (Å²) in [6.45, 7) is 6.36. The fourth-order valence-electron chi connectivity index (χ4n) is 3.72. The van der Waals surface area contributed by atoms with Gasteiger partial charge in [0.05, 0.1) is 12.7 Å². The molecule has 0 saturated carbocycles. The molecule has 0 fully saturated rings. The lowest BCUT2D eigenvalue weighted by atomic mass is 9.83. The van der Waals surface area contributed by atoms with Crippen LogP contribution in [0.1, 0.15) is 48.4 Å². The molecule has 1 aromatic carbocycles. The Morgan fingerprint density at radius 1 is 1.03 bits per heavy atom. The Morgan fingerprint density at radius 2 is 1.62 bits per heavy atom. The van der Waals surface area contributed by atoms with Crippen LogP contribution in [0.5, 0.6) is 11.5 Å². The zero-order valence-corrected chi connectivity index (χ0v) is 17.3. The molecule has 29 heavy (non-hydrogen) atoms. The maximum absolute atomic E-state index is 12.8. The molecule has 0 bridgehead atoms. The number of aliphatic hydroxyl groups excluding tert-OH is 5. The van der Waals surface area contributed by atoms with Crippen LogP contribution in [-0.4, -0.2) is 73.0 Å². The van der Waals surface area contributed by atoms with Crippen molar-refractivity contribution in [3.05, 3.63) is 22.3 Å². The second kappa shape index (κ2) is 8.97. The Kier molecular flexibility index (Phi) is 7.29. The van der Waals surface area contributed by atoms with Gasteiger partial charge in [0.2, 0.25) is 0 Å². The summed E-state index contributed by atoms with van der Waals surface area (Å²) in [4.78, 5) is 12.8. The van der Waals surface area contributed by atoms with E-state index in [0.717, 1.165) is 16.7 Å². The highest BCUT2D eigenvalue weighted by molar-refractivity contribution is 5.88. The number of carbonyl (C=O) groups excluding carboxylic acids is 1. The summed E-state index contributed by atoms with van der Waals surface area (Å²) in [5.74, 6) is 0.580. The Morgan fingerprint density at radius 3 is 2.21 bits per heavy atom. The number of hydrogen-bond acceptors (Lipinski definition) is 8. The molecule has 6 N–H and O–H groups in total. The van der Waals surface area contributed by atoms with Crippen molar-refractivity contribution in [2.24, 2.45) is 0 Å². The number of hydrogen-bond donors (Lipinski definition) is 6. The number of ketones is 1. The van der Waals surface area contributed by atoms with Gasteiger partial charge in [0.25, 0.3) is 0 Å². The van der Waals surface area contributed by atoms with E-state index >= 15 is 0 Å². The fraction of sp³-hybridized carbons (Fsp3) is 0.667. The highest BCUT2D eigenvalue weighted by atomic mass is 16.5. The Labute approximate surface area is 170 Å². The van der Waals surface area contributed by atoms with Crippen molar-refractivity contribution in [3.63, 3.8) is 0 Å². The molecular weight excluding hydrogens is 380 g/mol. The van der Waals surface area contributed by atoms with E-state index < -0.39 is 36.6 Å². The average molecular weight is 412 g/mol. The highest BCUT2D eigenvalue weighted by Gasteiger charge is 2.41. The number of aliphatic hydroxyl groups is 5. The molecule has 0 amide bonds. The van der Waals surface area contributed by atoms with Crippen molar-refractivity contribution in [2.75, 3.05) is 6.61 Å². The number of ether oxygens (including phenoxy) is 1. The Hall–Kier alpha value is -1.71. The molecule has 0 spiro atoms. The summed E-state index contributed by atoms with van der Waals surface area (Å²) in [5, 5.41) is 58.1. The number of aromatic hydroxyl groups is 1. The molecule has 1 aliphatic heterocycles. The van der Waals surface area contributed by atoms with Crippen LogP contribution in [0.2, 0.25) is 0 Å². The minimum atomic E-state index is -1.72. The van der Waals surface area contributed by atoms with Gasteiger partial charge in [-0.05, 0) is 63.6 Å². The first-order chi connectivity index (χ1) is 13.4. The second-order valence-corrected chi connectivity index (χ2v) is 8.12. The summed E-state index contributed by atoms with van der Waals surface area (Å²) >= 11 is 0. The molecule has 0 radical (unpaired) electrons. The maximum Gasteiger partial charge on any atom is 0.176 e. The molecule has 5 atom stereocenters. The first-order valence-corrected chi connectivity index (χ1v) is 9.81. The number of fused-ring (bicyclic) bond motifs is 1. The topological polar surface area (TPSA) is 148 Å². The number of Topliss-reactive ketones (excluding diaryl/α,β-unsaturated/α-hetero) is 1. The van der Waals surface area contributed by atoms with Gasteiger partial charge in [-0.25, -0.2) is 0 Å². The van der Waals surface area contributed by atoms with Gasteiger partial charge in [0.1, 0.15) is 29.8 Å². The predicted molar refractivity (Wildman–Crippen MR) is 105 cm³/mol. The van der Waals surface area contributed by atoms with Crippen LogP contribution < -0.4 is 4.74 Å². The molecule has 0 aliphatic carbocycles. The molecule has 8 heteroatoms. The number of benzene rings is 1. The molecule has 2 rings (SSSR count). The molecule has 1 heterocycles. The van der Waals surface area contributed by atoms with Gasteiger partial charge in [0, 0.05) is 12.0 Å². The van der Waals surface area contributed by atoms with Crippen LogP contribution in [-0.2, 0) is 11.2 Å². The van der Waals surface area contributed by atoms with Crippen molar-refractivity contribution < 1.29 is 40.2 Å². The number of carbonyl (C=O) groups is 1. The molecule has 8 nitrogen and oxygen atoms in total. The number of phenols is 1. The van der Waals surface area contributed by atoms with Crippen LogP contribution in [0, 0.1) is 20.8 Å². The molecule has 1 aromatic rings.